The number of rotatable bonds is 16. The van der Waals surface area contributed by atoms with E-state index in [4.69, 9.17) is 27.6 Å². The van der Waals surface area contributed by atoms with Crippen molar-refractivity contribution >= 4 is 66.3 Å². The van der Waals surface area contributed by atoms with E-state index in [0.29, 0.717) is 11.4 Å². The van der Waals surface area contributed by atoms with Crippen molar-refractivity contribution in [1.29, 1.82) is 0 Å². The SMILES string of the molecule is C=P(OC)(OC)SC(CC(=O)OC)C(=O)OCC.CCOC(=O)CC(SP(=O)(OC)OC)C(=O)OC. The van der Waals surface area contributed by atoms with Gasteiger partial charge in [-0.3, -0.25) is 19.2 Å². The first-order valence-corrected chi connectivity index (χ1v) is 16.6. The lowest BCUT2D eigenvalue weighted by Gasteiger charge is -2.23. The Morgan fingerprint density at radius 3 is 1.56 bits per heavy atom. The Labute approximate surface area is 220 Å². The number of methoxy groups -OCH3 is 2. The maximum absolute atomic E-state index is 11.9. The summed E-state index contributed by atoms with van der Waals surface area (Å²) in [7, 11) is 7.70. The third kappa shape index (κ3) is 15.3. The minimum absolute atomic E-state index is 0.107. The van der Waals surface area contributed by atoms with Crippen LogP contribution in [0.3, 0.4) is 0 Å². The summed E-state index contributed by atoms with van der Waals surface area (Å²) in [5, 5.41) is -1.75. The molecule has 2 unspecified atom stereocenters. The molecule has 0 heterocycles. The maximum Gasteiger partial charge on any atom is 0.389 e. The van der Waals surface area contributed by atoms with Gasteiger partial charge in [0.25, 0.3) is 0 Å². The number of carbonyl (C=O) groups is 4. The van der Waals surface area contributed by atoms with E-state index < -0.39 is 47.7 Å². The van der Waals surface area contributed by atoms with E-state index in [1.165, 1.54) is 42.7 Å². The van der Waals surface area contributed by atoms with Crippen LogP contribution in [0.4, 0.5) is 0 Å². The molecule has 0 aromatic heterocycles. The van der Waals surface area contributed by atoms with Gasteiger partial charge in [-0.25, -0.2) is 4.57 Å². The molecule has 0 amide bonds. The first-order chi connectivity index (χ1) is 16.8. The van der Waals surface area contributed by atoms with E-state index in [2.05, 4.69) is 15.8 Å². The quantitative estimate of drug-likeness (QED) is 0.144. The summed E-state index contributed by atoms with van der Waals surface area (Å²) < 4.78 is 50.2. The first-order valence-electron chi connectivity index (χ1n) is 10.2. The van der Waals surface area contributed by atoms with E-state index in [9.17, 15) is 23.7 Å². The Morgan fingerprint density at radius 2 is 1.17 bits per heavy atom. The van der Waals surface area contributed by atoms with Gasteiger partial charge < -0.3 is 37.0 Å². The van der Waals surface area contributed by atoms with E-state index >= 15 is 0 Å². The molecule has 0 radical (unpaired) electrons. The molecule has 0 aromatic carbocycles. The zero-order chi connectivity index (χ0) is 28.4. The summed E-state index contributed by atoms with van der Waals surface area (Å²) in [5.74, 6) is -2.28. The van der Waals surface area contributed by atoms with Gasteiger partial charge in [-0.15, -0.1) is 0 Å². The highest BCUT2D eigenvalue weighted by Crippen LogP contribution is 2.62. The molecule has 0 fully saturated rings. The van der Waals surface area contributed by atoms with E-state index in [1.807, 2.05) is 0 Å². The molecule has 0 spiro atoms. The number of ether oxygens (including phenoxy) is 4. The van der Waals surface area contributed by atoms with Crippen molar-refractivity contribution in [2.75, 3.05) is 55.9 Å². The van der Waals surface area contributed by atoms with Crippen LogP contribution in [0.25, 0.3) is 0 Å². The first kappa shape index (κ1) is 37.1. The molecule has 0 rings (SSSR count). The van der Waals surface area contributed by atoms with E-state index in [1.54, 1.807) is 13.8 Å². The van der Waals surface area contributed by atoms with Crippen molar-refractivity contribution in [1.82, 2.24) is 0 Å². The van der Waals surface area contributed by atoms with E-state index in [0.717, 1.165) is 11.4 Å². The Kier molecular flexibility index (Phi) is 20.6. The molecular formula is C19H36O13P2S2. The van der Waals surface area contributed by atoms with Crippen molar-refractivity contribution in [2.45, 2.75) is 37.2 Å². The van der Waals surface area contributed by atoms with Gasteiger partial charge in [-0.2, -0.15) is 0 Å². The lowest BCUT2D eigenvalue weighted by atomic mass is 10.3. The standard InChI is InChI=1S/C10H19O6PS.C9H17O7PS/c1-6-16-10(12)8(7-9(11)13-2)18-17(5,14-3)15-4;1-5-16-8(10)6-7(9(11)13-2)18-17(12,14-3)15-4/h8H,5-7H2,1-4H3;7H,5-6H2,1-4H3. The van der Waals surface area contributed by atoms with Gasteiger partial charge in [0.05, 0.1) is 40.3 Å². The van der Waals surface area contributed by atoms with Crippen molar-refractivity contribution < 1.29 is 60.8 Å². The topological polar surface area (TPSA) is 159 Å². The Morgan fingerprint density at radius 1 is 0.694 bits per heavy atom. The van der Waals surface area contributed by atoms with Gasteiger partial charge in [0.1, 0.15) is 10.5 Å². The molecule has 17 heteroatoms. The minimum Gasteiger partial charge on any atom is -0.469 e. The Bertz CT molecular complexity index is 777. The maximum atomic E-state index is 11.9. The lowest BCUT2D eigenvalue weighted by molar-refractivity contribution is -0.148. The van der Waals surface area contributed by atoms with Crippen molar-refractivity contribution in [3.8, 4) is 0 Å². The van der Waals surface area contributed by atoms with Crippen LogP contribution in [0, 0.1) is 0 Å². The van der Waals surface area contributed by atoms with Gasteiger partial charge in [-0.1, -0.05) is 11.4 Å². The van der Waals surface area contributed by atoms with Crippen LogP contribution in [0.5, 0.6) is 0 Å². The third-order valence-corrected chi connectivity index (χ3v) is 12.7. The lowest BCUT2D eigenvalue weighted by Crippen LogP contribution is -2.24. The predicted octanol–water partition coefficient (Wildman–Crippen LogP) is 3.32. The van der Waals surface area contributed by atoms with Crippen LogP contribution < -0.4 is 0 Å². The van der Waals surface area contributed by atoms with Crippen LogP contribution >= 0.6 is 36.1 Å². The zero-order valence-corrected chi connectivity index (χ0v) is 25.1. The van der Waals surface area contributed by atoms with Gasteiger partial charge in [0.15, 0.2) is 6.54 Å². The highest BCUT2D eigenvalue weighted by atomic mass is 32.7. The summed E-state index contributed by atoms with van der Waals surface area (Å²) in [5.41, 5.74) is 0. The molecule has 0 bridgehead atoms. The van der Waals surface area contributed by atoms with Crippen molar-refractivity contribution in [3.05, 3.63) is 0 Å². The third-order valence-electron chi connectivity index (χ3n) is 3.80. The molecule has 2 atom stereocenters. The molecule has 0 aromatic rings. The van der Waals surface area contributed by atoms with Crippen LogP contribution in [0.15, 0.2) is 0 Å². The second kappa shape index (κ2) is 20.0. The van der Waals surface area contributed by atoms with Gasteiger partial charge in [-0.05, 0) is 31.5 Å². The summed E-state index contributed by atoms with van der Waals surface area (Å²) in [6, 6.07) is 0. The summed E-state index contributed by atoms with van der Waals surface area (Å²) in [4.78, 5) is 45.8. The molecule has 36 heavy (non-hydrogen) atoms. The number of esters is 4. The average molecular weight is 599 g/mol. The van der Waals surface area contributed by atoms with Crippen LogP contribution in [0.2, 0.25) is 0 Å². The monoisotopic (exact) mass is 598 g/mol. The van der Waals surface area contributed by atoms with Crippen LogP contribution in [-0.2, 0) is 60.8 Å². The predicted molar refractivity (Wildman–Crippen MR) is 139 cm³/mol. The molecule has 0 aliphatic carbocycles. The fourth-order valence-electron chi connectivity index (χ4n) is 1.97. The highest BCUT2D eigenvalue weighted by molar-refractivity contribution is 8.58. The Balaban J connectivity index is 0. The fraction of sp³-hybridized carbons (Fsp3) is 0.737. The van der Waals surface area contributed by atoms with Crippen LogP contribution in [0.1, 0.15) is 26.7 Å². The molecule has 0 aliphatic heterocycles. The zero-order valence-electron chi connectivity index (χ0n) is 21.7. The smallest absolute Gasteiger partial charge is 0.389 e. The number of carbonyl (C=O) groups excluding carboxylic acids is 4. The van der Waals surface area contributed by atoms with Crippen LogP contribution in [-0.4, -0.2) is 96.5 Å². The average Bonchev–Trinajstić information content (AvgIpc) is 2.87. The van der Waals surface area contributed by atoms with Crippen molar-refractivity contribution in [2.24, 2.45) is 0 Å². The molecular weight excluding hydrogens is 562 g/mol. The van der Waals surface area contributed by atoms with Crippen molar-refractivity contribution in [3.63, 3.8) is 0 Å². The molecule has 13 nitrogen and oxygen atoms in total. The van der Waals surface area contributed by atoms with E-state index in [-0.39, 0.29) is 26.1 Å². The number of hydrogen-bond donors (Lipinski definition) is 0. The van der Waals surface area contributed by atoms with Gasteiger partial charge >= 0.3 is 30.7 Å². The molecule has 0 N–H and O–H groups in total. The second-order valence-corrected chi connectivity index (χ2v) is 15.5. The summed E-state index contributed by atoms with van der Waals surface area (Å²) in [6.45, 7) is -2.17. The Hall–Kier alpha value is -1.05. The molecule has 0 aliphatic rings. The largest absolute Gasteiger partial charge is 0.469 e. The highest BCUT2D eigenvalue weighted by Gasteiger charge is 2.35. The normalized spacial score (nSPS) is 12.9. The van der Waals surface area contributed by atoms with Gasteiger partial charge in [0.2, 0.25) is 0 Å². The molecule has 0 saturated carbocycles. The second-order valence-electron chi connectivity index (χ2n) is 6.04. The van der Waals surface area contributed by atoms with Gasteiger partial charge in [0, 0.05) is 28.4 Å². The minimum atomic E-state index is -3.47. The number of hydrogen-bond acceptors (Lipinski definition) is 15. The molecule has 0 saturated heterocycles. The fourth-order valence-corrected chi connectivity index (χ4v) is 8.16. The summed E-state index contributed by atoms with van der Waals surface area (Å²) in [6.07, 6.45) is 3.42. The molecule has 212 valence electrons. The summed E-state index contributed by atoms with van der Waals surface area (Å²) >= 11 is 1.68.